The van der Waals surface area contributed by atoms with E-state index >= 15 is 0 Å². The van der Waals surface area contributed by atoms with E-state index in [1.54, 1.807) is 74.5 Å². The number of anilines is 1. The minimum Gasteiger partial charge on any atom is -0.497 e. The molecule has 8 nitrogen and oxygen atoms in total. The second-order valence-corrected chi connectivity index (χ2v) is 10.2. The molecule has 1 heterocycles. The van der Waals surface area contributed by atoms with Crippen molar-refractivity contribution in [2.75, 3.05) is 12.4 Å². The van der Waals surface area contributed by atoms with Crippen molar-refractivity contribution >= 4 is 21.6 Å². The lowest BCUT2D eigenvalue weighted by Gasteiger charge is -2.42. The molecule has 2 atom stereocenters. The molecular weight excluding hydrogens is 456 g/mol. The van der Waals surface area contributed by atoms with Crippen LogP contribution in [0.15, 0.2) is 77.7 Å². The van der Waals surface area contributed by atoms with Crippen LogP contribution in [0.1, 0.15) is 35.8 Å². The molecule has 3 N–H and O–H groups in total. The van der Waals surface area contributed by atoms with E-state index in [-0.39, 0.29) is 10.8 Å². The summed E-state index contributed by atoms with van der Waals surface area (Å²) in [5.74, 6) is 0.598. The Morgan fingerprint density at radius 2 is 1.76 bits per heavy atom. The van der Waals surface area contributed by atoms with Crippen molar-refractivity contribution in [3.8, 4) is 11.5 Å². The highest BCUT2D eigenvalue weighted by atomic mass is 32.2. The molecule has 9 heteroatoms. The number of hydrogen-bond donors (Lipinski definition) is 3. The predicted octanol–water partition coefficient (Wildman–Crippen LogP) is 3.50. The third-order valence-corrected chi connectivity index (χ3v) is 7.13. The van der Waals surface area contributed by atoms with Crippen LogP contribution in [-0.2, 0) is 10.0 Å². The smallest absolute Gasteiger partial charge is 0.255 e. The molecule has 0 bridgehead atoms. The van der Waals surface area contributed by atoms with Gasteiger partial charge >= 0.3 is 0 Å². The fourth-order valence-corrected chi connectivity index (χ4v) is 5.05. The number of carbonyl (C=O) groups excluding carboxylic acids is 1. The summed E-state index contributed by atoms with van der Waals surface area (Å²) in [7, 11) is -2.42. The zero-order chi connectivity index (χ0) is 24.5. The highest BCUT2D eigenvalue weighted by molar-refractivity contribution is 7.89. The van der Waals surface area contributed by atoms with Crippen molar-refractivity contribution < 1.29 is 27.8 Å². The number of methoxy groups -OCH3 is 1. The number of aliphatic hydroxyl groups is 1. The average molecular weight is 483 g/mol. The number of sulfonamides is 1. The maximum Gasteiger partial charge on any atom is 0.255 e. The Labute approximate surface area is 198 Å². The van der Waals surface area contributed by atoms with Crippen LogP contribution in [0.5, 0.6) is 11.5 Å². The van der Waals surface area contributed by atoms with E-state index in [9.17, 15) is 18.3 Å². The average Bonchev–Trinajstić information content (AvgIpc) is 2.83. The lowest BCUT2D eigenvalue weighted by Crippen LogP contribution is -2.53. The van der Waals surface area contributed by atoms with Gasteiger partial charge in [-0.05, 0) is 62.4 Å². The summed E-state index contributed by atoms with van der Waals surface area (Å²) in [6, 6.07) is 18.5. The third-order valence-electron chi connectivity index (χ3n) is 5.67. The Balaban J connectivity index is 1.67. The minimum absolute atomic E-state index is 0.0792. The van der Waals surface area contributed by atoms with E-state index in [1.807, 2.05) is 0 Å². The first-order valence-corrected chi connectivity index (χ1v) is 12.1. The lowest BCUT2D eigenvalue weighted by molar-refractivity contribution is -0.0602. The van der Waals surface area contributed by atoms with Crippen LogP contribution in [-0.4, -0.2) is 38.2 Å². The molecule has 0 saturated heterocycles. The molecule has 1 aliphatic rings. The highest BCUT2D eigenvalue weighted by Crippen LogP contribution is 2.41. The van der Waals surface area contributed by atoms with Gasteiger partial charge in [-0.25, -0.2) is 13.1 Å². The summed E-state index contributed by atoms with van der Waals surface area (Å²) in [6.07, 6.45) is -1.19. The van der Waals surface area contributed by atoms with Gasteiger partial charge in [0.15, 0.2) is 0 Å². The van der Waals surface area contributed by atoms with Gasteiger partial charge in [0, 0.05) is 16.8 Å². The molecule has 0 aromatic heterocycles. The number of aliphatic hydroxyl groups excluding tert-OH is 1. The quantitative estimate of drug-likeness (QED) is 0.496. The number of amides is 1. The van der Waals surface area contributed by atoms with Crippen molar-refractivity contribution in [2.24, 2.45) is 0 Å². The molecule has 178 valence electrons. The number of benzene rings is 3. The second kappa shape index (κ2) is 9.09. The second-order valence-electron chi connectivity index (χ2n) is 8.50. The first-order chi connectivity index (χ1) is 16.1. The van der Waals surface area contributed by atoms with Gasteiger partial charge in [0.2, 0.25) is 10.0 Å². The number of nitrogens with one attached hydrogen (secondary N) is 2. The first-order valence-electron chi connectivity index (χ1n) is 10.6. The zero-order valence-corrected chi connectivity index (χ0v) is 19.8. The van der Waals surface area contributed by atoms with E-state index in [4.69, 9.17) is 9.47 Å². The topological polar surface area (TPSA) is 114 Å². The molecule has 1 aliphatic heterocycles. The third kappa shape index (κ3) is 4.77. The number of carbonyl (C=O) groups is 1. The van der Waals surface area contributed by atoms with Crippen LogP contribution in [0, 0.1) is 0 Å². The largest absolute Gasteiger partial charge is 0.497 e. The fourth-order valence-electron chi connectivity index (χ4n) is 3.81. The van der Waals surface area contributed by atoms with E-state index in [0.717, 1.165) is 0 Å². The van der Waals surface area contributed by atoms with Crippen molar-refractivity contribution in [3.63, 3.8) is 0 Å². The molecule has 0 aliphatic carbocycles. The Morgan fingerprint density at radius 1 is 1.03 bits per heavy atom. The van der Waals surface area contributed by atoms with Gasteiger partial charge in [0.1, 0.15) is 23.2 Å². The predicted molar refractivity (Wildman–Crippen MR) is 128 cm³/mol. The Kier molecular flexibility index (Phi) is 6.35. The van der Waals surface area contributed by atoms with E-state index in [2.05, 4.69) is 10.0 Å². The summed E-state index contributed by atoms with van der Waals surface area (Å²) in [4.78, 5) is 12.8. The van der Waals surface area contributed by atoms with Gasteiger partial charge in [-0.3, -0.25) is 4.79 Å². The van der Waals surface area contributed by atoms with Crippen LogP contribution < -0.4 is 19.5 Å². The molecule has 0 spiro atoms. The lowest BCUT2D eigenvalue weighted by atomic mass is 9.87. The van der Waals surface area contributed by atoms with Crippen LogP contribution in [0.25, 0.3) is 0 Å². The fraction of sp³-hybridized carbons (Fsp3) is 0.240. The summed E-state index contributed by atoms with van der Waals surface area (Å²) < 4.78 is 39.8. The Morgan fingerprint density at radius 3 is 2.47 bits per heavy atom. The maximum atomic E-state index is 13.0. The van der Waals surface area contributed by atoms with Crippen LogP contribution in [0.2, 0.25) is 0 Å². The monoisotopic (exact) mass is 482 g/mol. The first kappa shape index (κ1) is 23.7. The van der Waals surface area contributed by atoms with Gasteiger partial charge in [0.05, 0.1) is 18.0 Å². The number of hydrogen-bond acceptors (Lipinski definition) is 6. The van der Waals surface area contributed by atoms with Gasteiger partial charge in [-0.2, -0.15) is 0 Å². The van der Waals surface area contributed by atoms with E-state index in [0.29, 0.717) is 28.3 Å². The minimum atomic E-state index is -3.94. The molecular formula is C25H26N2O6S. The molecule has 0 saturated carbocycles. The van der Waals surface area contributed by atoms with E-state index < -0.39 is 27.8 Å². The van der Waals surface area contributed by atoms with Gasteiger partial charge in [-0.15, -0.1) is 0 Å². The molecule has 3 aromatic carbocycles. The van der Waals surface area contributed by atoms with Crippen LogP contribution >= 0.6 is 0 Å². The summed E-state index contributed by atoms with van der Waals surface area (Å²) in [5, 5.41) is 13.8. The molecule has 0 unspecified atom stereocenters. The number of rotatable bonds is 6. The zero-order valence-electron chi connectivity index (χ0n) is 19.0. The van der Waals surface area contributed by atoms with Crippen molar-refractivity contribution in [1.29, 1.82) is 0 Å². The summed E-state index contributed by atoms with van der Waals surface area (Å²) >= 11 is 0. The van der Waals surface area contributed by atoms with Crippen LogP contribution in [0.3, 0.4) is 0 Å². The van der Waals surface area contributed by atoms with Gasteiger partial charge in [-0.1, -0.05) is 24.3 Å². The molecule has 0 fully saturated rings. The summed E-state index contributed by atoms with van der Waals surface area (Å²) in [5.41, 5.74) is 0.180. The SMILES string of the molecule is COc1cccc(C(=O)Nc2ccc3c(c2)[C@H](NS(=O)(=O)c2ccccc2)[C@@H](O)C(C)(C)O3)c1. The van der Waals surface area contributed by atoms with Crippen molar-refractivity contribution in [1.82, 2.24) is 4.72 Å². The number of fused-ring (bicyclic) bond motifs is 1. The maximum absolute atomic E-state index is 13.0. The normalized spacial score (nSPS) is 18.9. The molecule has 3 aromatic rings. The van der Waals surface area contributed by atoms with Crippen LogP contribution in [0.4, 0.5) is 5.69 Å². The van der Waals surface area contributed by atoms with Gasteiger partial charge < -0.3 is 19.9 Å². The van der Waals surface area contributed by atoms with Crippen molar-refractivity contribution in [3.05, 3.63) is 83.9 Å². The Hall–Kier alpha value is -3.40. The van der Waals surface area contributed by atoms with Gasteiger partial charge in [0.25, 0.3) is 5.91 Å². The number of ether oxygens (including phenoxy) is 2. The molecule has 1 amide bonds. The molecule has 34 heavy (non-hydrogen) atoms. The van der Waals surface area contributed by atoms with E-state index in [1.165, 1.54) is 19.2 Å². The molecule has 4 rings (SSSR count). The highest BCUT2D eigenvalue weighted by Gasteiger charge is 2.44. The standard InChI is InChI=1S/C25H26N2O6S/c1-25(2)23(28)22(27-34(30,31)19-10-5-4-6-11-19)20-15-17(12-13-21(20)33-25)26-24(29)16-8-7-9-18(14-16)32-3/h4-15,22-23,27-28H,1-3H3,(H,26,29)/t22-,23+/m0/s1. The summed E-state index contributed by atoms with van der Waals surface area (Å²) in [6.45, 7) is 3.37. The van der Waals surface area contributed by atoms with Crippen molar-refractivity contribution in [2.45, 2.75) is 36.5 Å². The molecule has 0 radical (unpaired) electrons. The Bertz CT molecular complexity index is 1310.